The van der Waals surface area contributed by atoms with Crippen molar-refractivity contribution in [1.29, 1.82) is 0 Å². The van der Waals surface area contributed by atoms with Crippen molar-refractivity contribution in [2.75, 3.05) is 0 Å². The molecule has 234 valence electrons. The Bertz CT molecular complexity index is 1930. The van der Waals surface area contributed by atoms with Gasteiger partial charge in [-0.25, -0.2) is 0 Å². The molecule has 0 atom stereocenters. The maximum absolute atomic E-state index is 10.4. The quantitative estimate of drug-likeness (QED) is 0.157. The van der Waals surface area contributed by atoms with Crippen LogP contribution in [0.2, 0.25) is 5.02 Å². The largest absolute Gasteiger partial charge is 0.507 e. The molecular formula is C40H35ClN4O2. The van der Waals surface area contributed by atoms with Crippen LogP contribution < -0.4 is 0 Å². The number of hydrogen-bond donors (Lipinski definition) is 2. The Morgan fingerprint density at radius 2 is 0.851 bits per heavy atom. The first-order valence-electron chi connectivity index (χ1n) is 15.1. The molecule has 0 fully saturated rings. The summed E-state index contributed by atoms with van der Waals surface area (Å²) in [6.45, 7) is 7.63. The van der Waals surface area contributed by atoms with Gasteiger partial charge in [-0.2, -0.15) is 0 Å². The molecule has 0 aliphatic rings. The fourth-order valence-corrected chi connectivity index (χ4v) is 5.15. The third-order valence-electron chi connectivity index (χ3n) is 7.46. The topological polar surface area (TPSA) is 89.9 Å². The van der Waals surface area contributed by atoms with E-state index in [9.17, 15) is 10.2 Å². The van der Waals surface area contributed by atoms with Crippen LogP contribution in [0.3, 0.4) is 0 Å². The number of hydrogen-bond acceptors (Lipinski definition) is 6. The molecule has 2 N–H and O–H groups in total. The molecule has 0 spiro atoms. The molecule has 0 unspecified atom stereocenters. The first kappa shape index (κ1) is 32.8. The lowest BCUT2D eigenvalue weighted by Crippen LogP contribution is -2.07. The van der Waals surface area contributed by atoms with Crippen molar-refractivity contribution in [2.24, 2.45) is 20.0 Å². The Morgan fingerprint density at radius 1 is 0.489 bits per heavy atom. The van der Waals surface area contributed by atoms with Gasteiger partial charge in [-0.3, -0.25) is 20.0 Å². The van der Waals surface area contributed by atoms with Crippen molar-refractivity contribution >= 4 is 63.3 Å². The molecule has 5 aromatic carbocycles. The van der Waals surface area contributed by atoms with Gasteiger partial charge in [0.1, 0.15) is 11.5 Å². The molecule has 5 aromatic rings. The average molecular weight is 639 g/mol. The molecule has 0 aliphatic heterocycles. The molecule has 0 radical (unpaired) electrons. The number of nitrogens with zero attached hydrogens (tertiary/aromatic N) is 4. The van der Waals surface area contributed by atoms with Gasteiger partial charge >= 0.3 is 0 Å². The second-order valence-corrected chi connectivity index (χ2v) is 11.3. The normalized spacial score (nSPS) is 12.6. The monoisotopic (exact) mass is 638 g/mol. The predicted octanol–water partition coefficient (Wildman–Crippen LogP) is 11.0. The Kier molecular flexibility index (Phi) is 10.6. The number of benzene rings is 5. The predicted molar refractivity (Wildman–Crippen MR) is 198 cm³/mol. The summed E-state index contributed by atoms with van der Waals surface area (Å²) in [4.78, 5) is 19.7. The number of halogens is 1. The number of phenolic OH excluding ortho intramolecular Hbond substituents is 2. The van der Waals surface area contributed by atoms with Crippen molar-refractivity contribution in [2.45, 2.75) is 27.7 Å². The highest BCUT2D eigenvalue weighted by molar-refractivity contribution is 6.30. The number of rotatable bonds is 9. The summed E-state index contributed by atoms with van der Waals surface area (Å²) in [7, 11) is 0. The minimum Gasteiger partial charge on any atom is -0.507 e. The summed E-state index contributed by atoms with van der Waals surface area (Å²) >= 11 is 6.19. The van der Waals surface area contributed by atoms with E-state index in [1.807, 2.05) is 131 Å². The molecule has 0 amide bonds. The van der Waals surface area contributed by atoms with Crippen molar-refractivity contribution in [3.8, 4) is 11.5 Å². The average Bonchev–Trinajstić information content (AvgIpc) is 3.06. The van der Waals surface area contributed by atoms with Crippen LogP contribution in [-0.2, 0) is 0 Å². The summed E-state index contributed by atoms with van der Waals surface area (Å²) in [6, 6.07) is 37.2. The van der Waals surface area contributed by atoms with E-state index in [1.54, 1.807) is 24.3 Å². The summed E-state index contributed by atoms with van der Waals surface area (Å²) < 4.78 is 0. The lowest BCUT2D eigenvalue weighted by molar-refractivity contribution is 0.473. The fraction of sp³-hybridized carbons (Fsp3) is 0.100. The molecule has 0 aliphatic carbocycles. The van der Waals surface area contributed by atoms with Crippen LogP contribution in [0.5, 0.6) is 11.5 Å². The van der Waals surface area contributed by atoms with Gasteiger partial charge in [-0.15, -0.1) is 0 Å². The molecule has 0 saturated heterocycles. The number of phenols is 2. The van der Waals surface area contributed by atoms with E-state index in [0.29, 0.717) is 50.3 Å². The Hall–Kier alpha value is -5.59. The van der Waals surface area contributed by atoms with Crippen LogP contribution in [0.15, 0.2) is 147 Å². The minimum absolute atomic E-state index is 0.173. The third kappa shape index (κ3) is 8.37. The maximum atomic E-state index is 10.4. The molecule has 6 nitrogen and oxygen atoms in total. The Labute approximate surface area is 280 Å². The molecule has 0 aromatic heterocycles. The van der Waals surface area contributed by atoms with Gasteiger partial charge in [0, 0.05) is 44.6 Å². The lowest BCUT2D eigenvalue weighted by atomic mass is 10.0. The van der Waals surface area contributed by atoms with Gasteiger partial charge in [0.05, 0.1) is 22.7 Å². The third-order valence-corrected chi connectivity index (χ3v) is 7.72. The lowest BCUT2D eigenvalue weighted by Gasteiger charge is -2.11. The molecule has 0 saturated carbocycles. The molecule has 0 heterocycles. The molecule has 5 rings (SSSR count). The number of aliphatic imine (C=N–C) groups is 4. The van der Waals surface area contributed by atoms with Crippen LogP contribution in [0.1, 0.15) is 44.4 Å². The van der Waals surface area contributed by atoms with Gasteiger partial charge < -0.3 is 10.2 Å². The highest BCUT2D eigenvalue weighted by Gasteiger charge is 2.12. The summed E-state index contributed by atoms with van der Waals surface area (Å²) in [6.07, 6.45) is 2.03. The van der Waals surface area contributed by atoms with Gasteiger partial charge in [0.25, 0.3) is 0 Å². The van der Waals surface area contributed by atoms with E-state index in [4.69, 9.17) is 31.6 Å². The van der Waals surface area contributed by atoms with Crippen LogP contribution in [0, 0.1) is 0 Å². The standard InChI is InChI=1S/C40H35ClN4O2/c1-26(32-13-5-11-19-39(32)46)42-35-15-7-9-17-37(35)44-28(3)34(25-30-21-23-31(41)24-22-30)29(4)45-38-18-10-8-16-36(38)43-27(2)33-14-6-12-20-40(33)47/h5-25,46-47H,1-4H3. The van der Waals surface area contributed by atoms with Gasteiger partial charge in [0.2, 0.25) is 0 Å². The van der Waals surface area contributed by atoms with E-state index in [-0.39, 0.29) is 11.5 Å². The molecule has 7 heteroatoms. The zero-order valence-electron chi connectivity index (χ0n) is 26.7. The van der Waals surface area contributed by atoms with Crippen LogP contribution in [0.25, 0.3) is 6.08 Å². The number of allylic oxidation sites excluding steroid dienone is 1. The summed E-state index contributed by atoms with van der Waals surface area (Å²) in [5.74, 6) is 0.345. The van der Waals surface area contributed by atoms with E-state index in [2.05, 4.69) is 0 Å². The van der Waals surface area contributed by atoms with E-state index in [1.165, 1.54) is 0 Å². The van der Waals surface area contributed by atoms with E-state index < -0.39 is 0 Å². The molecular weight excluding hydrogens is 604 g/mol. The fourth-order valence-electron chi connectivity index (χ4n) is 5.03. The van der Waals surface area contributed by atoms with Crippen LogP contribution in [0.4, 0.5) is 22.7 Å². The van der Waals surface area contributed by atoms with Crippen molar-refractivity contribution in [3.63, 3.8) is 0 Å². The van der Waals surface area contributed by atoms with Crippen molar-refractivity contribution < 1.29 is 10.2 Å². The SMILES string of the molecule is CC(=Nc1ccccc1N=C(C)c1ccccc1O)C(=Cc1ccc(Cl)cc1)C(C)=Nc1ccccc1N=C(C)c1ccccc1O. The second-order valence-electron chi connectivity index (χ2n) is 10.9. The van der Waals surface area contributed by atoms with Crippen molar-refractivity contribution in [1.82, 2.24) is 0 Å². The number of aromatic hydroxyl groups is 2. The van der Waals surface area contributed by atoms with Gasteiger partial charge in [-0.1, -0.05) is 72.3 Å². The minimum atomic E-state index is 0.173. The molecule has 0 bridgehead atoms. The van der Waals surface area contributed by atoms with Crippen LogP contribution >= 0.6 is 11.6 Å². The zero-order chi connectivity index (χ0) is 33.3. The zero-order valence-corrected chi connectivity index (χ0v) is 27.4. The smallest absolute Gasteiger partial charge is 0.124 e. The highest BCUT2D eigenvalue weighted by atomic mass is 35.5. The summed E-state index contributed by atoms with van der Waals surface area (Å²) in [5, 5.41) is 21.4. The van der Waals surface area contributed by atoms with Gasteiger partial charge in [0.15, 0.2) is 0 Å². The van der Waals surface area contributed by atoms with E-state index in [0.717, 1.165) is 22.6 Å². The second kappa shape index (κ2) is 15.1. The van der Waals surface area contributed by atoms with Crippen molar-refractivity contribution in [3.05, 3.63) is 149 Å². The van der Waals surface area contributed by atoms with Gasteiger partial charge in [-0.05, 0) is 100.0 Å². The first-order chi connectivity index (χ1) is 22.7. The van der Waals surface area contributed by atoms with Crippen LogP contribution in [-0.4, -0.2) is 33.1 Å². The van der Waals surface area contributed by atoms with E-state index >= 15 is 0 Å². The summed E-state index contributed by atoms with van der Waals surface area (Å²) in [5.41, 5.74) is 8.60. The first-order valence-corrected chi connectivity index (χ1v) is 15.5. The highest BCUT2D eigenvalue weighted by Crippen LogP contribution is 2.32. The Morgan fingerprint density at radius 3 is 1.26 bits per heavy atom. The Balaban J connectivity index is 1.58. The maximum Gasteiger partial charge on any atom is 0.124 e. The molecule has 47 heavy (non-hydrogen) atoms. The number of para-hydroxylation sites is 6.